The molecule has 5 N–H and O–H groups in total. The first-order valence-electron chi connectivity index (χ1n) is 10.4. The van der Waals surface area contributed by atoms with Gasteiger partial charge in [0.2, 0.25) is 5.91 Å². The first-order chi connectivity index (χ1) is 14.7. The number of nitrogens with zero attached hydrogens (tertiary/aromatic N) is 3. The van der Waals surface area contributed by atoms with Crippen molar-refractivity contribution in [2.75, 3.05) is 13.1 Å². The number of carbonyl (C=O) groups excluding carboxylic acids is 2. The third kappa shape index (κ3) is 7.13. The lowest BCUT2D eigenvalue weighted by molar-refractivity contribution is -0.117. The predicted octanol–water partition coefficient (Wildman–Crippen LogP) is 0.938. The Labute approximate surface area is 183 Å². The van der Waals surface area contributed by atoms with Crippen LogP contribution in [0.1, 0.15) is 46.7 Å². The van der Waals surface area contributed by atoms with Gasteiger partial charge in [-0.25, -0.2) is 4.99 Å². The van der Waals surface area contributed by atoms with E-state index in [-0.39, 0.29) is 18.5 Å². The topological polar surface area (TPSA) is 126 Å². The highest BCUT2D eigenvalue weighted by Gasteiger charge is 2.14. The molecule has 0 spiro atoms. The molecule has 2 rings (SSSR count). The number of benzene rings is 1. The van der Waals surface area contributed by atoms with Crippen LogP contribution >= 0.6 is 0 Å². The molecule has 1 aromatic carbocycles. The Kier molecular flexibility index (Phi) is 8.60. The van der Waals surface area contributed by atoms with Crippen LogP contribution in [0.25, 0.3) is 0 Å². The van der Waals surface area contributed by atoms with Crippen LogP contribution in [0.15, 0.2) is 29.3 Å². The third-order valence-corrected chi connectivity index (χ3v) is 4.96. The van der Waals surface area contributed by atoms with Crippen molar-refractivity contribution in [3.05, 3.63) is 52.3 Å². The fourth-order valence-corrected chi connectivity index (χ4v) is 3.22. The first-order valence-corrected chi connectivity index (χ1v) is 10.4. The lowest BCUT2D eigenvalue weighted by Crippen LogP contribution is -2.43. The van der Waals surface area contributed by atoms with Crippen LogP contribution in [0, 0.1) is 13.8 Å². The monoisotopic (exact) mass is 427 g/mol. The second kappa shape index (κ2) is 11.1. The maximum absolute atomic E-state index is 12.0. The van der Waals surface area contributed by atoms with E-state index < -0.39 is 5.91 Å². The number of rotatable bonds is 9. The molecule has 0 saturated carbocycles. The van der Waals surface area contributed by atoms with E-state index >= 15 is 0 Å². The van der Waals surface area contributed by atoms with Crippen LogP contribution in [0.4, 0.5) is 0 Å². The van der Waals surface area contributed by atoms with Gasteiger partial charge in [-0.15, -0.1) is 0 Å². The van der Waals surface area contributed by atoms with Gasteiger partial charge >= 0.3 is 0 Å². The van der Waals surface area contributed by atoms with Gasteiger partial charge in [0.25, 0.3) is 5.91 Å². The van der Waals surface area contributed by atoms with E-state index in [1.165, 1.54) is 11.3 Å². The summed E-state index contributed by atoms with van der Waals surface area (Å²) in [6.07, 6.45) is 0.852. The highest BCUT2D eigenvalue weighted by atomic mass is 16.2. The number of amides is 2. The molecule has 2 aromatic rings. The van der Waals surface area contributed by atoms with Crippen LogP contribution in [0.5, 0.6) is 0 Å². The molecule has 0 aliphatic carbocycles. The summed E-state index contributed by atoms with van der Waals surface area (Å²) in [6.45, 7) is 9.30. The fourth-order valence-electron chi connectivity index (χ4n) is 3.22. The Balaban J connectivity index is 1.98. The van der Waals surface area contributed by atoms with Gasteiger partial charge in [0.15, 0.2) is 5.96 Å². The second-order valence-electron chi connectivity index (χ2n) is 7.56. The van der Waals surface area contributed by atoms with Crippen molar-refractivity contribution in [3.8, 4) is 0 Å². The highest BCUT2D eigenvalue weighted by Crippen LogP contribution is 2.14. The van der Waals surface area contributed by atoms with Gasteiger partial charge in [-0.3, -0.25) is 14.3 Å². The number of aromatic nitrogens is 2. The smallest absolute Gasteiger partial charge is 0.251 e. The molecular weight excluding hydrogens is 394 g/mol. The molecule has 31 heavy (non-hydrogen) atoms. The number of nitrogens with two attached hydrogens (primary N) is 1. The van der Waals surface area contributed by atoms with Crippen molar-refractivity contribution in [1.82, 2.24) is 25.7 Å². The van der Waals surface area contributed by atoms with Crippen molar-refractivity contribution in [2.24, 2.45) is 17.8 Å². The predicted molar refractivity (Wildman–Crippen MR) is 122 cm³/mol. The Morgan fingerprint density at radius 2 is 1.87 bits per heavy atom. The van der Waals surface area contributed by atoms with Crippen LogP contribution in [0.3, 0.4) is 0 Å². The van der Waals surface area contributed by atoms with Gasteiger partial charge in [0.1, 0.15) is 0 Å². The molecular formula is C22H33N7O2. The molecule has 168 valence electrons. The molecule has 0 fully saturated rings. The quantitative estimate of drug-likeness (QED) is 0.350. The maximum Gasteiger partial charge on any atom is 0.251 e. The summed E-state index contributed by atoms with van der Waals surface area (Å²) in [5, 5.41) is 13.7. The Morgan fingerprint density at radius 3 is 2.42 bits per heavy atom. The zero-order valence-corrected chi connectivity index (χ0v) is 19.0. The molecule has 1 heterocycles. The minimum Gasteiger partial charge on any atom is -0.368 e. The van der Waals surface area contributed by atoms with E-state index in [4.69, 9.17) is 5.73 Å². The van der Waals surface area contributed by atoms with E-state index in [2.05, 4.69) is 39.9 Å². The van der Waals surface area contributed by atoms with E-state index in [0.717, 1.165) is 30.2 Å². The summed E-state index contributed by atoms with van der Waals surface area (Å²) in [6, 6.07) is 7.28. The molecule has 0 aliphatic rings. The number of carbonyl (C=O) groups is 2. The molecule has 2 amide bonds. The van der Waals surface area contributed by atoms with Gasteiger partial charge < -0.3 is 21.7 Å². The van der Waals surface area contributed by atoms with Crippen LogP contribution in [-0.2, 0) is 24.8 Å². The fraction of sp³-hybridized carbons (Fsp3) is 0.455. The minimum atomic E-state index is -0.578. The van der Waals surface area contributed by atoms with Crippen LogP contribution < -0.4 is 21.7 Å². The summed E-state index contributed by atoms with van der Waals surface area (Å²) >= 11 is 0. The van der Waals surface area contributed by atoms with Crippen LogP contribution in [0.2, 0.25) is 0 Å². The number of hydrogen-bond donors (Lipinski definition) is 4. The zero-order chi connectivity index (χ0) is 23.0. The van der Waals surface area contributed by atoms with Gasteiger partial charge in [0, 0.05) is 30.9 Å². The summed E-state index contributed by atoms with van der Waals surface area (Å²) < 4.78 is 1.91. The number of guanidine groups is 1. The minimum absolute atomic E-state index is 0.177. The number of primary amides is 1. The molecule has 1 aromatic heterocycles. The number of aliphatic imine (C=N–C) groups is 1. The number of hydrogen-bond acceptors (Lipinski definition) is 4. The molecule has 1 unspecified atom stereocenters. The average molecular weight is 428 g/mol. The molecule has 0 aliphatic heterocycles. The molecule has 0 saturated heterocycles. The SMILES string of the molecule is CCNC(=NCc1ccc(C(=O)NCC(N)=O)cc1)NC(C)Cc1c(C)nn(C)c1C. The van der Waals surface area contributed by atoms with E-state index in [1.807, 2.05) is 37.7 Å². The van der Waals surface area contributed by atoms with Crippen molar-refractivity contribution in [2.45, 2.75) is 46.7 Å². The van der Waals surface area contributed by atoms with E-state index in [1.54, 1.807) is 12.1 Å². The lowest BCUT2D eigenvalue weighted by atomic mass is 10.1. The van der Waals surface area contributed by atoms with Crippen molar-refractivity contribution < 1.29 is 9.59 Å². The molecule has 0 radical (unpaired) electrons. The normalized spacial score (nSPS) is 12.4. The lowest BCUT2D eigenvalue weighted by Gasteiger charge is -2.18. The van der Waals surface area contributed by atoms with Crippen LogP contribution in [-0.4, -0.2) is 46.7 Å². The standard InChI is InChI=1S/C22H33N7O2/c1-6-24-22(27-14(2)11-19-15(3)28-29(5)16(19)4)26-12-17-7-9-18(10-8-17)21(31)25-13-20(23)30/h7-10,14H,6,11-13H2,1-5H3,(H2,23,30)(H,25,31)(H2,24,26,27). The van der Waals surface area contributed by atoms with Gasteiger partial charge in [0.05, 0.1) is 18.8 Å². The largest absolute Gasteiger partial charge is 0.368 e. The summed E-state index contributed by atoms with van der Waals surface area (Å²) in [7, 11) is 1.96. The Bertz CT molecular complexity index is 932. The van der Waals surface area contributed by atoms with Gasteiger partial charge in [-0.1, -0.05) is 12.1 Å². The average Bonchev–Trinajstić information content (AvgIpc) is 2.96. The highest BCUT2D eigenvalue weighted by molar-refractivity contribution is 5.96. The molecule has 9 heteroatoms. The second-order valence-corrected chi connectivity index (χ2v) is 7.56. The summed E-state index contributed by atoms with van der Waals surface area (Å²) in [5.74, 6) is -0.179. The maximum atomic E-state index is 12.0. The van der Waals surface area contributed by atoms with Crippen molar-refractivity contribution in [3.63, 3.8) is 0 Å². The summed E-state index contributed by atoms with van der Waals surface area (Å²) in [4.78, 5) is 27.4. The first kappa shape index (κ1) is 23.9. The van der Waals surface area contributed by atoms with E-state index in [0.29, 0.717) is 12.1 Å². The third-order valence-electron chi connectivity index (χ3n) is 4.96. The molecule has 0 bridgehead atoms. The van der Waals surface area contributed by atoms with Crippen molar-refractivity contribution >= 4 is 17.8 Å². The molecule has 9 nitrogen and oxygen atoms in total. The van der Waals surface area contributed by atoms with Gasteiger partial charge in [-0.2, -0.15) is 5.10 Å². The Morgan fingerprint density at radius 1 is 1.19 bits per heavy atom. The molecule has 1 atom stereocenters. The van der Waals surface area contributed by atoms with Gasteiger partial charge in [-0.05, 0) is 57.4 Å². The number of aryl methyl sites for hydroxylation is 2. The van der Waals surface area contributed by atoms with E-state index in [9.17, 15) is 9.59 Å². The van der Waals surface area contributed by atoms with Crippen molar-refractivity contribution in [1.29, 1.82) is 0 Å². The zero-order valence-electron chi connectivity index (χ0n) is 19.0. The number of nitrogens with one attached hydrogen (secondary N) is 3. The Hall–Kier alpha value is -3.36. The summed E-state index contributed by atoms with van der Waals surface area (Å²) in [5.41, 5.74) is 9.96.